The Labute approximate surface area is 221 Å². The largest absolute Gasteiger partial charge is 0.468 e. The summed E-state index contributed by atoms with van der Waals surface area (Å²) in [7, 11) is 1.59. The number of benzene rings is 2. The average Bonchev–Trinajstić information content (AvgIpc) is 3.48. The van der Waals surface area contributed by atoms with Crippen molar-refractivity contribution in [1.82, 2.24) is 14.9 Å². The van der Waals surface area contributed by atoms with E-state index < -0.39 is 17.7 Å². The molecule has 1 saturated carbocycles. The van der Waals surface area contributed by atoms with Crippen molar-refractivity contribution in [3.8, 4) is 23.6 Å². The Balaban J connectivity index is 1.54. The number of nitriles is 1. The molecule has 2 N–H and O–H groups in total. The van der Waals surface area contributed by atoms with Crippen LogP contribution in [0.1, 0.15) is 26.7 Å². The maximum atomic E-state index is 12.0. The molecule has 37 heavy (non-hydrogen) atoms. The van der Waals surface area contributed by atoms with Crippen LogP contribution >= 0.6 is 23.2 Å². The van der Waals surface area contributed by atoms with Crippen molar-refractivity contribution in [3.63, 3.8) is 0 Å². The Morgan fingerprint density at radius 2 is 1.95 bits per heavy atom. The van der Waals surface area contributed by atoms with Crippen LogP contribution in [-0.2, 0) is 15.1 Å². The average molecular weight is 545 g/mol. The molecule has 1 aliphatic carbocycles. The molecule has 1 aromatic heterocycles. The standard InChI is InChI=1S/C24H22Cl2N6O5/c1-4-36-23(34)29-21(33)18(12-27)31-30-13-9-15(25)20(16(26)10-13)37-14-5-6-17-19(11-14)32(22(28-17)35-3)24(2)7-8-24/h5-6,9-11,30H,4,7-8H2,1-3H3,(H,29,33,34)/b31-18+. The van der Waals surface area contributed by atoms with Gasteiger partial charge in [-0.05, 0) is 51.0 Å². The van der Waals surface area contributed by atoms with Gasteiger partial charge < -0.3 is 14.2 Å². The molecule has 0 atom stereocenters. The number of amides is 2. The van der Waals surface area contributed by atoms with Crippen LogP contribution in [-0.4, -0.2) is 41.0 Å². The zero-order chi connectivity index (χ0) is 26.7. The second kappa shape index (κ2) is 10.5. The van der Waals surface area contributed by atoms with Gasteiger partial charge in [0.25, 0.3) is 11.9 Å². The fourth-order valence-electron chi connectivity index (χ4n) is 3.57. The number of nitrogens with one attached hydrogen (secondary N) is 2. The number of alkyl carbamates (subject to hydrolysis) is 1. The van der Waals surface area contributed by atoms with Gasteiger partial charge in [0, 0.05) is 11.6 Å². The predicted octanol–water partition coefficient (Wildman–Crippen LogP) is 5.22. The van der Waals surface area contributed by atoms with E-state index in [0.717, 1.165) is 23.9 Å². The van der Waals surface area contributed by atoms with E-state index in [1.807, 2.05) is 17.4 Å². The number of carbonyl (C=O) groups excluding carboxylic acids is 2. The molecule has 0 radical (unpaired) electrons. The van der Waals surface area contributed by atoms with Crippen LogP contribution in [0, 0.1) is 11.3 Å². The van der Waals surface area contributed by atoms with Crippen LogP contribution in [0.2, 0.25) is 10.0 Å². The number of nitrogens with zero attached hydrogens (tertiary/aromatic N) is 4. The number of carbonyl (C=O) groups is 2. The number of ether oxygens (including phenoxy) is 3. The molecule has 0 bridgehead atoms. The number of hydrogen-bond donors (Lipinski definition) is 2. The van der Waals surface area contributed by atoms with Crippen LogP contribution < -0.4 is 20.2 Å². The lowest BCUT2D eigenvalue weighted by Gasteiger charge is -2.15. The van der Waals surface area contributed by atoms with Gasteiger partial charge in [-0.2, -0.15) is 15.3 Å². The normalized spacial score (nSPS) is 14.0. The van der Waals surface area contributed by atoms with Gasteiger partial charge in [-0.3, -0.25) is 20.1 Å². The van der Waals surface area contributed by atoms with Crippen LogP contribution in [0.4, 0.5) is 10.5 Å². The van der Waals surface area contributed by atoms with E-state index in [1.54, 1.807) is 26.2 Å². The number of imidazole rings is 1. The number of hydrogen-bond acceptors (Lipinski definition) is 9. The first kappa shape index (κ1) is 26.1. The zero-order valence-corrected chi connectivity index (χ0v) is 21.6. The van der Waals surface area contributed by atoms with Crippen LogP contribution in [0.15, 0.2) is 35.4 Å². The molecule has 1 aliphatic rings. The van der Waals surface area contributed by atoms with Gasteiger partial charge in [0.1, 0.15) is 11.8 Å². The molecule has 1 fully saturated rings. The van der Waals surface area contributed by atoms with Gasteiger partial charge in [0.05, 0.1) is 40.5 Å². The minimum Gasteiger partial charge on any atom is -0.468 e. The number of imide groups is 1. The lowest BCUT2D eigenvalue weighted by atomic mass is 10.2. The number of aromatic nitrogens is 2. The van der Waals surface area contributed by atoms with E-state index >= 15 is 0 Å². The highest BCUT2D eigenvalue weighted by atomic mass is 35.5. The van der Waals surface area contributed by atoms with E-state index in [0.29, 0.717) is 11.8 Å². The molecule has 1 heterocycles. The van der Waals surface area contributed by atoms with Crippen molar-refractivity contribution in [2.45, 2.75) is 32.2 Å². The highest BCUT2D eigenvalue weighted by Gasteiger charge is 2.42. The number of fused-ring (bicyclic) bond motifs is 1. The molecular formula is C24H22Cl2N6O5. The first-order valence-electron chi connectivity index (χ1n) is 11.1. The second-order valence-electron chi connectivity index (χ2n) is 8.31. The van der Waals surface area contributed by atoms with Crippen molar-refractivity contribution in [2.75, 3.05) is 19.1 Å². The molecule has 2 aromatic carbocycles. The van der Waals surface area contributed by atoms with Crippen LogP contribution in [0.5, 0.6) is 17.5 Å². The fourth-order valence-corrected chi connectivity index (χ4v) is 4.13. The molecule has 0 saturated heterocycles. The minimum absolute atomic E-state index is 0.0582. The smallest absolute Gasteiger partial charge is 0.414 e. The number of rotatable bonds is 8. The lowest BCUT2D eigenvalue weighted by Crippen LogP contribution is -2.36. The Morgan fingerprint density at radius 3 is 2.54 bits per heavy atom. The first-order valence-corrected chi connectivity index (χ1v) is 11.9. The first-order chi connectivity index (χ1) is 17.7. The van der Waals surface area contributed by atoms with Crippen molar-refractivity contribution in [3.05, 3.63) is 40.4 Å². The monoisotopic (exact) mass is 544 g/mol. The van der Waals surface area contributed by atoms with Gasteiger partial charge in [-0.25, -0.2) is 4.79 Å². The highest BCUT2D eigenvalue weighted by molar-refractivity contribution is 6.47. The molecule has 2 amide bonds. The number of anilines is 1. The quantitative estimate of drug-likeness (QED) is 0.290. The van der Waals surface area contributed by atoms with E-state index in [-0.39, 0.29) is 33.6 Å². The topological polar surface area (TPSA) is 140 Å². The Hall–Kier alpha value is -4.01. The maximum Gasteiger partial charge on any atom is 0.414 e. The number of hydrazone groups is 1. The van der Waals surface area contributed by atoms with Gasteiger partial charge >= 0.3 is 6.09 Å². The summed E-state index contributed by atoms with van der Waals surface area (Å²) in [5, 5.41) is 15.1. The number of methoxy groups -OCH3 is 1. The van der Waals surface area contributed by atoms with Crippen molar-refractivity contribution in [1.29, 1.82) is 5.26 Å². The molecule has 0 unspecified atom stereocenters. The van der Waals surface area contributed by atoms with Crippen molar-refractivity contribution >= 4 is 57.6 Å². The third kappa shape index (κ3) is 5.55. The Bertz CT molecular complexity index is 1430. The Kier molecular flexibility index (Phi) is 7.42. The second-order valence-corrected chi connectivity index (χ2v) is 9.13. The summed E-state index contributed by atoms with van der Waals surface area (Å²) in [6.45, 7) is 3.78. The predicted molar refractivity (Wildman–Crippen MR) is 138 cm³/mol. The summed E-state index contributed by atoms with van der Waals surface area (Å²) in [6, 6.07) is 10.5. The van der Waals surface area contributed by atoms with E-state index in [4.69, 9.17) is 32.7 Å². The molecule has 0 spiro atoms. The maximum absolute atomic E-state index is 12.0. The van der Waals surface area contributed by atoms with E-state index in [2.05, 4.69) is 31.7 Å². The van der Waals surface area contributed by atoms with Gasteiger partial charge in [-0.1, -0.05) is 23.2 Å². The van der Waals surface area contributed by atoms with E-state index in [1.165, 1.54) is 12.1 Å². The minimum atomic E-state index is -1.03. The molecule has 4 rings (SSSR count). The third-order valence-corrected chi connectivity index (χ3v) is 6.18. The molecule has 13 heteroatoms. The Morgan fingerprint density at radius 1 is 1.24 bits per heavy atom. The summed E-state index contributed by atoms with van der Waals surface area (Å²) in [5.41, 5.74) is 3.77. The van der Waals surface area contributed by atoms with Crippen molar-refractivity contribution in [2.24, 2.45) is 5.10 Å². The summed E-state index contributed by atoms with van der Waals surface area (Å²) in [5.74, 6) is -0.337. The summed E-state index contributed by atoms with van der Waals surface area (Å²) < 4.78 is 18.2. The van der Waals surface area contributed by atoms with Gasteiger partial charge in [-0.15, -0.1) is 0 Å². The van der Waals surface area contributed by atoms with Crippen LogP contribution in [0.25, 0.3) is 11.0 Å². The molecule has 3 aromatic rings. The van der Waals surface area contributed by atoms with Gasteiger partial charge in [0.2, 0.25) is 5.71 Å². The number of halogens is 2. The van der Waals surface area contributed by atoms with Crippen LogP contribution in [0.3, 0.4) is 0 Å². The molecule has 11 nitrogen and oxygen atoms in total. The fraction of sp³-hybridized carbons (Fsp3) is 0.292. The van der Waals surface area contributed by atoms with Gasteiger partial charge in [0.15, 0.2) is 5.75 Å². The molecular weight excluding hydrogens is 523 g/mol. The van der Waals surface area contributed by atoms with Crippen molar-refractivity contribution < 1.29 is 23.8 Å². The summed E-state index contributed by atoms with van der Waals surface area (Å²) >= 11 is 12.8. The SMILES string of the molecule is CCOC(=O)NC(=O)/C(C#N)=N/Nc1cc(Cl)c(Oc2ccc3nc(OC)n(C4(C)CC4)c3c2)c(Cl)c1. The highest BCUT2D eigenvalue weighted by Crippen LogP contribution is 2.48. The molecule has 0 aliphatic heterocycles. The third-order valence-electron chi connectivity index (χ3n) is 5.62. The van der Waals surface area contributed by atoms with E-state index in [9.17, 15) is 14.9 Å². The lowest BCUT2D eigenvalue weighted by molar-refractivity contribution is -0.114. The zero-order valence-electron chi connectivity index (χ0n) is 20.1. The molecule has 192 valence electrons. The summed E-state index contributed by atoms with van der Waals surface area (Å²) in [4.78, 5) is 27.9. The summed E-state index contributed by atoms with van der Waals surface area (Å²) in [6.07, 6.45) is 1.05.